The molecule has 0 N–H and O–H groups in total. The molecule has 6 nitrogen and oxygen atoms in total. The number of ether oxygens (including phenoxy) is 1. The Balaban J connectivity index is 2.42. The van der Waals surface area contributed by atoms with Crippen LogP contribution in [0.2, 0.25) is 0 Å². The molecule has 0 atom stereocenters. The molecule has 24 heavy (non-hydrogen) atoms. The van der Waals surface area contributed by atoms with E-state index in [1.165, 1.54) is 27.3 Å². The zero-order valence-electron chi connectivity index (χ0n) is 14.8. The van der Waals surface area contributed by atoms with Crippen molar-refractivity contribution in [2.24, 2.45) is 0 Å². The summed E-state index contributed by atoms with van der Waals surface area (Å²) < 4.78 is 31.3. The molecule has 1 saturated carbocycles. The van der Waals surface area contributed by atoms with Crippen molar-refractivity contribution in [1.82, 2.24) is 9.21 Å². The highest BCUT2D eigenvalue weighted by Crippen LogP contribution is 2.29. The third kappa shape index (κ3) is 3.57. The largest absolute Gasteiger partial charge is 0.495 e. The summed E-state index contributed by atoms with van der Waals surface area (Å²) in [6, 6.07) is 4.85. The van der Waals surface area contributed by atoms with Gasteiger partial charge >= 0.3 is 0 Å². The maximum Gasteiger partial charge on any atom is 0.254 e. The summed E-state index contributed by atoms with van der Waals surface area (Å²) in [6.07, 6.45) is 4.30. The van der Waals surface area contributed by atoms with E-state index in [2.05, 4.69) is 0 Å². The maximum absolute atomic E-state index is 12.9. The van der Waals surface area contributed by atoms with Gasteiger partial charge in [0.2, 0.25) is 10.0 Å². The van der Waals surface area contributed by atoms with E-state index in [-0.39, 0.29) is 22.6 Å². The Hall–Kier alpha value is -1.60. The smallest absolute Gasteiger partial charge is 0.254 e. The lowest BCUT2D eigenvalue weighted by Gasteiger charge is -2.28. The van der Waals surface area contributed by atoms with E-state index in [1.54, 1.807) is 12.1 Å². The van der Waals surface area contributed by atoms with Crippen LogP contribution in [0.1, 0.15) is 43.0 Å². The Morgan fingerprint density at radius 1 is 1.25 bits per heavy atom. The van der Waals surface area contributed by atoms with Gasteiger partial charge in [0.15, 0.2) is 0 Å². The Morgan fingerprint density at radius 2 is 1.88 bits per heavy atom. The average Bonchev–Trinajstić information content (AvgIpc) is 3.08. The summed E-state index contributed by atoms with van der Waals surface area (Å²) in [6.45, 7) is 2.57. The second-order valence-corrected chi connectivity index (χ2v) is 8.30. The molecule has 0 aliphatic heterocycles. The van der Waals surface area contributed by atoms with Gasteiger partial charge in [0.05, 0.1) is 7.11 Å². The normalized spacial score (nSPS) is 15.7. The standard InChI is InChI=1S/C17H26N2O4S/c1-5-19(14-8-6-7-9-14)17(20)13-10-11-15(23-4)16(12-13)24(21,22)18(2)3/h10-12,14H,5-9H2,1-4H3. The molecule has 1 fully saturated rings. The van der Waals surface area contributed by atoms with Crippen molar-refractivity contribution >= 4 is 15.9 Å². The SMILES string of the molecule is CCN(C(=O)c1ccc(OC)c(S(=O)(=O)N(C)C)c1)C1CCCC1. The van der Waals surface area contributed by atoms with Crippen molar-refractivity contribution in [3.8, 4) is 5.75 Å². The number of methoxy groups -OCH3 is 1. The van der Waals surface area contributed by atoms with Crippen molar-refractivity contribution in [2.45, 2.75) is 43.5 Å². The van der Waals surface area contributed by atoms with Crippen molar-refractivity contribution in [3.05, 3.63) is 23.8 Å². The first-order valence-electron chi connectivity index (χ1n) is 8.24. The van der Waals surface area contributed by atoms with Crippen LogP contribution in [0.25, 0.3) is 0 Å². The van der Waals surface area contributed by atoms with Crippen LogP contribution in [0.5, 0.6) is 5.75 Å². The molecule has 1 aromatic rings. The minimum atomic E-state index is -3.69. The zero-order valence-corrected chi connectivity index (χ0v) is 15.6. The maximum atomic E-state index is 12.9. The molecule has 0 saturated heterocycles. The lowest BCUT2D eigenvalue weighted by atomic mass is 10.1. The molecule has 0 heterocycles. The first kappa shape index (κ1) is 18.7. The van der Waals surface area contributed by atoms with Gasteiger partial charge in [0.25, 0.3) is 5.91 Å². The van der Waals surface area contributed by atoms with E-state index in [9.17, 15) is 13.2 Å². The zero-order chi connectivity index (χ0) is 17.9. The number of carbonyl (C=O) groups excluding carboxylic acids is 1. The summed E-state index contributed by atoms with van der Waals surface area (Å²) in [5, 5.41) is 0. The summed E-state index contributed by atoms with van der Waals surface area (Å²) in [5.74, 6) is 0.117. The third-order valence-corrected chi connectivity index (χ3v) is 6.37. The van der Waals surface area contributed by atoms with Crippen LogP contribution in [0.3, 0.4) is 0 Å². The topological polar surface area (TPSA) is 66.9 Å². The fourth-order valence-corrected chi connectivity index (χ4v) is 4.23. The molecule has 1 aromatic carbocycles. The molecule has 2 rings (SSSR count). The first-order chi connectivity index (χ1) is 11.3. The Kier molecular flexibility index (Phi) is 5.87. The number of rotatable bonds is 6. The number of hydrogen-bond acceptors (Lipinski definition) is 4. The minimum absolute atomic E-state index is 0.0170. The first-order valence-corrected chi connectivity index (χ1v) is 9.68. The fraction of sp³-hybridized carbons (Fsp3) is 0.588. The molecule has 0 radical (unpaired) electrons. The van der Waals surface area contributed by atoms with Crippen LogP contribution in [-0.4, -0.2) is 57.3 Å². The number of benzene rings is 1. The van der Waals surface area contributed by atoms with Crippen LogP contribution in [0.15, 0.2) is 23.1 Å². The predicted molar refractivity (Wildman–Crippen MR) is 92.8 cm³/mol. The van der Waals surface area contributed by atoms with Crippen molar-refractivity contribution in [1.29, 1.82) is 0 Å². The highest BCUT2D eigenvalue weighted by atomic mass is 32.2. The highest BCUT2D eigenvalue weighted by molar-refractivity contribution is 7.89. The van der Waals surface area contributed by atoms with Gasteiger partial charge in [0, 0.05) is 32.2 Å². The molecular formula is C17H26N2O4S. The predicted octanol–water partition coefficient (Wildman–Crippen LogP) is 2.35. The Labute approximate surface area is 144 Å². The van der Waals surface area contributed by atoms with Crippen LogP contribution in [-0.2, 0) is 10.0 Å². The molecular weight excluding hydrogens is 328 g/mol. The van der Waals surface area contributed by atoms with Gasteiger partial charge < -0.3 is 9.64 Å². The number of hydrogen-bond donors (Lipinski definition) is 0. The lowest BCUT2D eigenvalue weighted by Crippen LogP contribution is -2.38. The van der Waals surface area contributed by atoms with E-state index in [0.717, 1.165) is 30.0 Å². The Bertz CT molecular complexity index is 695. The summed E-state index contributed by atoms with van der Waals surface area (Å²) in [5.41, 5.74) is 0.380. The van der Waals surface area contributed by atoms with E-state index in [4.69, 9.17) is 4.74 Å². The van der Waals surface area contributed by atoms with Crippen LogP contribution in [0.4, 0.5) is 0 Å². The molecule has 134 valence electrons. The van der Waals surface area contributed by atoms with E-state index in [0.29, 0.717) is 12.1 Å². The summed E-state index contributed by atoms with van der Waals surface area (Å²) in [4.78, 5) is 14.8. The molecule has 7 heteroatoms. The fourth-order valence-electron chi connectivity index (χ4n) is 3.16. The van der Waals surface area contributed by atoms with Crippen LogP contribution < -0.4 is 4.74 Å². The van der Waals surface area contributed by atoms with Crippen LogP contribution >= 0.6 is 0 Å². The van der Waals surface area contributed by atoms with Crippen molar-refractivity contribution in [3.63, 3.8) is 0 Å². The molecule has 1 amide bonds. The number of nitrogens with zero attached hydrogens (tertiary/aromatic N) is 2. The average molecular weight is 354 g/mol. The van der Waals surface area contributed by atoms with Gasteiger partial charge in [-0.25, -0.2) is 12.7 Å². The third-order valence-electron chi connectivity index (χ3n) is 4.54. The van der Waals surface area contributed by atoms with Gasteiger partial charge in [-0.05, 0) is 38.0 Å². The number of amides is 1. The number of sulfonamides is 1. The van der Waals surface area contributed by atoms with Crippen molar-refractivity contribution in [2.75, 3.05) is 27.7 Å². The summed E-state index contributed by atoms with van der Waals surface area (Å²) in [7, 11) is 0.646. The molecule has 0 bridgehead atoms. The van der Waals surface area contributed by atoms with Gasteiger partial charge in [0.1, 0.15) is 10.6 Å². The second kappa shape index (κ2) is 7.53. The lowest BCUT2D eigenvalue weighted by molar-refractivity contribution is 0.0693. The van der Waals surface area contributed by atoms with Gasteiger partial charge in [-0.3, -0.25) is 4.79 Å². The number of carbonyl (C=O) groups is 1. The molecule has 0 spiro atoms. The Morgan fingerprint density at radius 3 is 2.38 bits per heavy atom. The van der Waals surface area contributed by atoms with Crippen molar-refractivity contribution < 1.29 is 17.9 Å². The second-order valence-electron chi connectivity index (χ2n) is 6.18. The highest BCUT2D eigenvalue weighted by Gasteiger charge is 2.28. The molecule has 0 aromatic heterocycles. The molecule has 1 aliphatic rings. The van der Waals surface area contributed by atoms with Crippen LogP contribution in [0, 0.1) is 0 Å². The monoisotopic (exact) mass is 354 g/mol. The van der Waals surface area contributed by atoms with Gasteiger partial charge in [-0.1, -0.05) is 12.8 Å². The summed E-state index contributed by atoms with van der Waals surface area (Å²) >= 11 is 0. The van der Waals surface area contributed by atoms with Gasteiger partial charge in [-0.15, -0.1) is 0 Å². The van der Waals surface area contributed by atoms with E-state index < -0.39 is 10.0 Å². The van der Waals surface area contributed by atoms with E-state index >= 15 is 0 Å². The van der Waals surface area contributed by atoms with E-state index in [1.807, 2.05) is 11.8 Å². The minimum Gasteiger partial charge on any atom is -0.495 e. The van der Waals surface area contributed by atoms with Gasteiger partial charge in [-0.2, -0.15) is 0 Å². The molecule has 0 unspecified atom stereocenters. The quantitative estimate of drug-likeness (QED) is 0.786. The molecule has 1 aliphatic carbocycles.